The molecular weight excluding hydrogens is 252 g/mol. The van der Waals surface area contributed by atoms with Crippen LogP contribution in [0.1, 0.15) is 24.5 Å². The average Bonchev–Trinajstić information content (AvgIpc) is 2.31. The van der Waals surface area contributed by atoms with Crippen LogP contribution in [-0.4, -0.2) is 27.2 Å². The molecule has 0 aromatic heterocycles. The molecular formula is C13H18O4S. The quantitative estimate of drug-likeness (QED) is 0.739. The van der Waals surface area contributed by atoms with E-state index in [4.69, 9.17) is 0 Å². The highest BCUT2D eigenvalue weighted by atomic mass is 32.2. The van der Waals surface area contributed by atoms with E-state index in [1.165, 1.54) is 7.11 Å². The van der Waals surface area contributed by atoms with Crippen molar-refractivity contribution >= 4 is 15.8 Å². The van der Waals surface area contributed by atoms with Gasteiger partial charge in [-0.05, 0) is 17.5 Å². The van der Waals surface area contributed by atoms with E-state index < -0.39 is 9.84 Å². The van der Waals surface area contributed by atoms with Crippen molar-refractivity contribution in [2.45, 2.75) is 25.5 Å². The molecule has 0 atom stereocenters. The maximum absolute atomic E-state index is 11.8. The molecule has 0 aliphatic carbocycles. The summed E-state index contributed by atoms with van der Waals surface area (Å²) >= 11 is 0. The molecule has 18 heavy (non-hydrogen) atoms. The highest BCUT2D eigenvalue weighted by Gasteiger charge is 2.15. The molecule has 0 N–H and O–H groups in total. The zero-order valence-electron chi connectivity index (χ0n) is 10.7. The number of hydrogen-bond acceptors (Lipinski definition) is 4. The largest absolute Gasteiger partial charge is 0.469 e. The average molecular weight is 270 g/mol. The van der Waals surface area contributed by atoms with Gasteiger partial charge in [-0.15, -0.1) is 0 Å². The topological polar surface area (TPSA) is 60.4 Å². The number of carbonyl (C=O) groups is 1. The Morgan fingerprint density at radius 3 is 2.39 bits per heavy atom. The van der Waals surface area contributed by atoms with Gasteiger partial charge in [0.25, 0.3) is 0 Å². The normalized spacial score (nSPS) is 11.2. The molecule has 0 unspecified atom stereocenters. The maximum Gasteiger partial charge on any atom is 0.309 e. The molecule has 0 bridgehead atoms. The van der Waals surface area contributed by atoms with E-state index in [0.29, 0.717) is 17.5 Å². The monoisotopic (exact) mass is 270 g/mol. The predicted molar refractivity (Wildman–Crippen MR) is 69.9 cm³/mol. The number of benzene rings is 1. The van der Waals surface area contributed by atoms with Gasteiger partial charge in [0.2, 0.25) is 0 Å². The molecule has 0 aliphatic rings. The van der Waals surface area contributed by atoms with Crippen LogP contribution in [0.25, 0.3) is 0 Å². The lowest BCUT2D eigenvalue weighted by Crippen LogP contribution is -2.12. The van der Waals surface area contributed by atoms with E-state index in [1.54, 1.807) is 24.3 Å². The van der Waals surface area contributed by atoms with Gasteiger partial charge in [-0.3, -0.25) is 4.79 Å². The van der Waals surface area contributed by atoms with E-state index in [2.05, 4.69) is 4.74 Å². The number of carbonyl (C=O) groups excluding carboxylic acids is 1. The molecule has 1 rings (SSSR count). The lowest BCUT2D eigenvalue weighted by molar-refractivity contribution is -0.139. The lowest BCUT2D eigenvalue weighted by atomic mass is 10.1. The Bertz CT molecular complexity index is 505. The molecule has 0 spiro atoms. The van der Waals surface area contributed by atoms with Gasteiger partial charge in [-0.1, -0.05) is 31.2 Å². The minimum Gasteiger partial charge on any atom is -0.469 e. The number of esters is 1. The Labute approximate surface area is 108 Å². The first-order chi connectivity index (χ1) is 8.48. The zero-order valence-corrected chi connectivity index (χ0v) is 11.5. The number of rotatable bonds is 6. The summed E-state index contributed by atoms with van der Waals surface area (Å²) in [7, 11) is -1.78. The predicted octanol–water partition coefficient (Wildman–Crippen LogP) is 1.73. The summed E-state index contributed by atoms with van der Waals surface area (Å²) in [5.74, 6) is -0.219. The molecule has 0 fully saturated rings. The standard InChI is InChI=1S/C13H18O4S/c1-3-8-18(15,16)10-12-7-5-4-6-11(12)9-13(14)17-2/h4-7H,3,8-10H2,1-2H3. The van der Waals surface area contributed by atoms with E-state index in [9.17, 15) is 13.2 Å². The van der Waals surface area contributed by atoms with Crippen molar-refractivity contribution in [3.8, 4) is 0 Å². The fraction of sp³-hybridized carbons (Fsp3) is 0.462. The minimum atomic E-state index is -3.10. The molecule has 4 nitrogen and oxygen atoms in total. The van der Waals surface area contributed by atoms with Gasteiger partial charge in [0.05, 0.1) is 25.0 Å². The third-order valence-corrected chi connectivity index (χ3v) is 4.35. The first kappa shape index (κ1) is 14.7. The molecule has 0 heterocycles. The fourth-order valence-electron chi connectivity index (χ4n) is 1.72. The van der Waals surface area contributed by atoms with Crippen LogP contribution in [0.2, 0.25) is 0 Å². The minimum absolute atomic E-state index is 0.0198. The molecule has 5 heteroatoms. The maximum atomic E-state index is 11.8. The molecule has 1 aromatic carbocycles. The van der Waals surface area contributed by atoms with Crippen molar-refractivity contribution in [1.29, 1.82) is 0 Å². The number of ether oxygens (including phenoxy) is 1. The van der Waals surface area contributed by atoms with Gasteiger partial charge in [0, 0.05) is 0 Å². The fourth-order valence-corrected chi connectivity index (χ4v) is 3.24. The summed E-state index contributed by atoms with van der Waals surface area (Å²) < 4.78 is 28.2. The first-order valence-corrected chi connectivity index (χ1v) is 7.64. The summed E-state index contributed by atoms with van der Waals surface area (Å²) in [5.41, 5.74) is 1.39. The smallest absolute Gasteiger partial charge is 0.309 e. The van der Waals surface area contributed by atoms with Crippen LogP contribution < -0.4 is 0 Å². The van der Waals surface area contributed by atoms with Crippen LogP contribution in [-0.2, 0) is 31.5 Å². The van der Waals surface area contributed by atoms with Crippen LogP contribution in [0, 0.1) is 0 Å². The summed E-state index contributed by atoms with van der Waals surface area (Å²) in [6, 6.07) is 7.06. The van der Waals surface area contributed by atoms with Gasteiger partial charge in [-0.2, -0.15) is 0 Å². The SMILES string of the molecule is CCCS(=O)(=O)Cc1ccccc1CC(=O)OC. The van der Waals surface area contributed by atoms with Gasteiger partial charge in [0.15, 0.2) is 9.84 Å². The van der Waals surface area contributed by atoms with E-state index in [1.807, 2.05) is 6.92 Å². The number of hydrogen-bond donors (Lipinski definition) is 0. The Kier molecular flexibility index (Phi) is 5.34. The van der Waals surface area contributed by atoms with E-state index in [0.717, 1.165) is 0 Å². The summed E-state index contributed by atoms with van der Waals surface area (Å²) in [6.45, 7) is 1.83. The van der Waals surface area contributed by atoms with Crippen LogP contribution in [0.15, 0.2) is 24.3 Å². The molecule has 0 saturated carbocycles. The van der Waals surface area contributed by atoms with Crippen LogP contribution in [0.3, 0.4) is 0 Å². The van der Waals surface area contributed by atoms with Crippen molar-refractivity contribution in [3.63, 3.8) is 0 Å². The van der Waals surface area contributed by atoms with Crippen molar-refractivity contribution in [1.82, 2.24) is 0 Å². The number of sulfone groups is 1. The second-order valence-corrected chi connectivity index (χ2v) is 6.30. The third-order valence-electron chi connectivity index (χ3n) is 2.57. The Morgan fingerprint density at radius 1 is 1.22 bits per heavy atom. The molecule has 0 radical (unpaired) electrons. The Balaban J connectivity index is 2.92. The molecule has 100 valence electrons. The molecule has 0 saturated heterocycles. The van der Waals surface area contributed by atoms with E-state index >= 15 is 0 Å². The van der Waals surface area contributed by atoms with Gasteiger partial charge in [0.1, 0.15) is 0 Å². The Hall–Kier alpha value is -1.36. The molecule has 1 aromatic rings. The van der Waals surface area contributed by atoms with Crippen molar-refractivity contribution in [2.24, 2.45) is 0 Å². The highest BCUT2D eigenvalue weighted by molar-refractivity contribution is 7.90. The van der Waals surface area contributed by atoms with E-state index in [-0.39, 0.29) is 23.9 Å². The zero-order chi connectivity index (χ0) is 13.6. The second kappa shape index (κ2) is 6.54. The van der Waals surface area contributed by atoms with Gasteiger partial charge >= 0.3 is 5.97 Å². The van der Waals surface area contributed by atoms with Gasteiger partial charge < -0.3 is 4.74 Å². The van der Waals surface area contributed by atoms with Crippen molar-refractivity contribution in [3.05, 3.63) is 35.4 Å². The third kappa shape index (κ3) is 4.49. The summed E-state index contributed by atoms with van der Waals surface area (Å²) in [4.78, 5) is 11.3. The van der Waals surface area contributed by atoms with Crippen LogP contribution >= 0.6 is 0 Å². The van der Waals surface area contributed by atoms with Crippen molar-refractivity contribution < 1.29 is 17.9 Å². The van der Waals surface area contributed by atoms with Crippen LogP contribution in [0.5, 0.6) is 0 Å². The van der Waals surface area contributed by atoms with Gasteiger partial charge in [-0.25, -0.2) is 8.42 Å². The summed E-state index contributed by atoms with van der Waals surface area (Å²) in [6.07, 6.45) is 0.704. The lowest BCUT2D eigenvalue weighted by Gasteiger charge is -2.09. The first-order valence-electron chi connectivity index (χ1n) is 5.82. The summed E-state index contributed by atoms with van der Waals surface area (Å²) in [5, 5.41) is 0. The highest BCUT2D eigenvalue weighted by Crippen LogP contribution is 2.14. The Morgan fingerprint density at radius 2 is 1.83 bits per heavy atom. The second-order valence-electron chi connectivity index (χ2n) is 4.11. The number of methoxy groups -OCH3 is 1. The molecule has 0 amide bonds. The van der Waals surface area contributed by atoms with Crippen LogP contribution in [0.4, 0.5) is 0 Å². The van der Waals surface area contributed by atoms with Crippen molar-refractivity contribution in [2.75, 3.05) is 12.9 Å². The molecule has 0 aliphatic heterocycles.